The molecule has 0 aliphatic heterocycles. The molecule has 15 heavy (non-hydrogen) atoms. The molecule has 92 valence electrons. The fourth-order valence-electron chi connectivity index (χ4n) is 2.07. The van der Waals surface area contributed by atoms with Gasteiger partial charge in [0, 0.05) is 19.8 Å². The van der Waals surface area contributed by atoms with E-state index in [1.165, 1.54) is 32.1 Å². The van der Waals surface area contributed by atoms with Crippen LogP contribution < -0.4 is 5.32 Å². The van der Waals surface area contributed by atoms with Crippen molar-refractivity contribution in [1.82, 2.24) is 5.32 Å². The van der Waals surface area contributed by atoms with Crippen LogP contribution in [0.25, 0.3) is 0 Å². The molecule has 0 aromatic heterocycles. The van der Waals surface area contributed by atoms with E-state index in [9.17, 15) is 0 Å². The molecule has 2 nitrogen and oxygen atoms in total. The molecule has 0 saturated carbocycles. The minimum absolute atomic E-state index is 0.667. The summed E-state index contributed by atoms with van der Waals surface area (Å²) >= 11 is 0. The van der Waals surface area contributed by atoms with Gasteiger partial charge >= 0.3 is 0 Å². The topological polar surface area (TPSA) is 21.3 Å². The van der Waals surface area contributed by atoms with Crippen LogP contribution in [-0.2, 0) is 4.74 Å². The molecule has 0 aliphatic carbocycles. The van der Waals surface area contributed by atoms with Crippen LogP contribution in [0.3, 0.4) is 0 Å². The Bertz CT molecular complexity index is 128. The molecule has 0 saturated heterocycles. The van der Waals surface area contributed by atoms with Crippen molar-refractivity contribution in [1.29, 1.82) is 0 Å². The fraction of sp³-hybridized carbons (Fsp3) is 1.00. The molecule has 0 fully saturated rings. The molecule has 0 radical (unpaired) electrons. The molecule has 0 aromatic rings. The van der Waals surface area contributed by atoms with Crippen LogP contribution >= 0.6 is 0 Å². The van der Waals surface area contributed by atoms with E-state index in [1.807, 2.05) is 0 Å². The Morgan fingerprint density at radius 2 is 1.93 bits per heavy atom. The van der Waals surface area contributed by atoms with Crippen molar-refractivity contribution in [3.63, 3.8) is 0 Å². The molecule has 2 heteroatoms. The summed E-state index contributed by atoms with van der Waals surface area (Å²) in [4.78, 5) is 0. The summed E-state index contributed by atoms with van der Waals surface area (Å²) in [6.07, 6.45) is 6.59. The predicted octanol–water partition coefficient (Wildman–Crippen LogP) is 3.22. The zero-order chi connectivity index (χ0) is 11.5. The number of ether oxygens (including phenoxy) is 1. The quantitative estimate of drug-likeness (QED) is 0.565. The monoisotopic (exact) mass is 215 g/mol. The van der Waals surface area contributed by atoms with E-state index in [1.54, 1.807) is 7.11 Å². The zero-order valence-electron chi connectivity index (χ0n) is 11.0. The first-order valence-electron chi connectivity index (χ1n) is 6.46. The fourth-order valence-corrected chi connectivity index (χ4v) is 2.07. The van der Waals surface area contributed by atoms with Crippen LogP contribution in [0, 0.1) is 5.92 Å². The SMILES string of the molecule is CCCCCC(CC(C)COC)NCC. The zero-order valence-corrected chi connectivity index (χ0v) is 11.0. The second-order valence-corrected chi connectivity index (χ2v) is 4.55. The lowest BCUT2D eigenvalue weighted by Crippen LogP contribution is -2.31. The van der Waals surface area contributed by atoms with E-state index in [2.05, 4.69) is 26.1 Å². The lowest BCUT2D eigenvalue weighted by Gasteiger charge is -2.21. The second kappa shape index (κ2) is 10.4. The normalized spacial score (nSPS) is 15.2. The van der Waals surface area contributed by atoms with E-state index < -0.39 is 0 Å². The first-order valence-corrected chi connectivity index (χ1v) is 6.46. The van der Waals surface area contributed by atoms with Gasteiger partial charge in [-0.2, -0.15) is 0 Å². The van der Waals surface area contributed by atoms with Gasteiger partial charge in [-0.25, -0.2) is 0 Å². The number of hydrogen-bond donors (Lipinski definition) is 1. The van der Waals surface area contributed by atoms with Gasteiger partial charge in [-0.3, -0.25) is 0 Å². The molecule has 0 rings (SSSR count). The van der Waals surface area contributed by atoms with Gasteiger partial charge < -0.3 is 10.1 Å². The van der Waals surface area contributed by atoms with Gasteiger partial charge in [-0.15, -0.1) is 0 Å². The molecule has 0 spiro atoms. The first-order chi connectivity index (χ1) is 7.24. The van der Waals surface area contributed by atoms with Crippen molar-refractivity contribution in [3.05, 3.63) is 0 Å². The molecular weight excluding hydrogens is 186 g/mol. The maximum atomic E-state index is 5.18. The van der Waals surface area contributed by atoms with Crippen molar-refractivity contribution in [2.45, 2.75) is 58.9 Å². The summed E-state index contributed by atoms with van der Waals surface area (Å²) in [5.41, 5.74) is 0. The molecule has 2 atom stereocenters. The van der Waals surface area contributed by atoms with Crippen molar-refractivity contribution >= 4 is 0 Å². The van der Waals surface area contributed by atoms with Gasteiger partial charge in [0.2, 0.25) is 0 Å². The second-order valence-electron chi connectivity index (χ2n) is 4.55. The van der Waals surface area contributed by atoms with Gasteiger partial charge in [0.05, 0.1) is 0 Å². The number of hydrogen-bond acceptors (Lipinski definition) is 2. The highest BCUT2D eigenvalue weighted by molar-refractivity contribution is 4.69. The highest BCUT2D eigenvalue weighted by Gasteiger charge is 2.11. The third-order valence-electron chi connectivity index (χ3n) is 2.79. The summed E-state index contributed by atoms with van der Waals surface area (Å²) in [6, 6.07) is 0.687. The van der Waals surface area contributed by atoms with E-state index in [0.29, 0.717) is 12.0 Å². The van der Waals surface area contributed by atoms with Crippen LogP contribution in [0.15, 0.2) is 0 Å². The molecular formula is C13H29NO. The lowest BCUT2D eigenvalue weighted by molar-refractivity contribution is 0.148. The molecule has 0 amide bonds. The van der Waals surface area contributed by atoms with Gasteiger partial charge in [0.25, 0.3) is 0 Å². The van der Waals surface area contributed by atoms with Crippen molar-refractivity contribution in [2.24, 2.45) is 5.92 Å². The highest BCUT2D eigenvalue weighted by Crippen LogP contribution is 2.12. The lowest BCUT2D eigenvalue weighted by atomic mass is 9.98. The number of unbranched alkanes of at least 4 members (excludes halogenated alkanes) is 2. The first kappa shape index (κ1) is 14.9. The maximum absolute atomic E-state index is 5.18. The van der Waals surface area contributed by atoms with Crippen LogP contribution in [0.4, 0.5) is 0 Å². The minimum atomic E-state index is 0.667. The third-order valence-corrected chi connectivity index (χ3v) is 2.79. The summed E-state index contributed by atoms with van der Waals surface area (Å²) in [6.45, 7) is 8.68. The molecule has 0 heterocycles. The average Bonchev–Trinajstić information content (AvgIpc) is 2.18. The Morgan fingerprint density at radius 3 is 2.47 bits per heavy atom. The van der Waals surface area contributed by atoms with Gasteiger partial charge in [0.1, 0.15) is 0 Å². The number of nitrogens with one attached hydrogen (secondary N) is 1. The van der Waals surface area contributed by atoms with E-state index >= 15 is 0 Å². The average molecular weight is 215 g/mol. The van der Waals surface area contributed by atoms with Crippen LogP contribution in [0.5, 0.6) is 0 Å². The Hall–Kier alpha value is -0.0800. The smallest absolute Gasteiger partial charge is 0.0488 e. The molecule has 0 bridgehead atoms. The number of rotatable bonds is 10. The van der Waals surface area contributed by atoms with Gasteiger partial charge in [-0.05, 0) is 25.3 Å². The Balaban J connectivity index is 3.70. The van der Waals surface area contributed by atoms with E-state index in [-0.39, 0.29) is 0 Å². The molecule has 1 N–H and O–H groups in total. The van der Waals surface area contributed by atoms with Crippen LogP contribution in [-0.4, -0.2) is 26.3 Å². The van der Waals surface area contributed by atoms with E-state index in [0.717, 1.165) is 13.2 Å². The Morgan fingerprint density at radius 1 is 1.20 bits per heavy atom. The predicted molar refractivity (Wildman–Crippen MR) is 67.3 cm³/mol. The number of methoxy groups -OCH3 is 1. The maximum Gasteiger partial charge on any atom is 0.0488 e. The van der Waals surface area contributed by atoms with Crippen molar-refractivity contribution in [2.75, 3.05) is 20.3 Å². The Kier molecular flexibility index (Phi) is 10.4. The van der Waals surface area contributed by atoms with E-state index in [4.69, 9.17) is 4.74 Å². The van der Waals surface area contributed by atoms with Crippen molar-refractivity contribution in [3.8, 4) is 0 Å². The van der Waals surface area contributed by atoms with Crippen LogP contribution in [0.2, 0.25) is 0 Å². The largest absolute Gasteiger partial charge is 0.384 e. The third kappa shape index (κ3) is 8.88. The van der Waals surface area contributed by atoms with Gasteiger partial charge in [-0.1, -0.05) is 40.0 Å². The minimum Gasteiger partial charge on any atom is -0.384 e. The molecule has 0 aromatic carbocycles. The highest BCUT2D eigenvalue weighted by atomic mass is 16.5. The molecule has 2 unspecified atom stereocenters. The van der Waals surface area contributed by atoms with Crippen molar-refractivity contribution < 1.29 is 4.74 Å². The summed E-state index contributed by atoms with van der Waals surface area (Å²) in [5.74, 6) is 0.667. The summed E-state index contributed by atoms with van der Waals surface area (Å²) in [5, 5.41) is 3.58. The van der Waals surface area contributed by atoms with Crippen LogP contribution in [0.1, 0.15) is 52.9 Å². The Labute approximate surface area is 95.8 Å². The standard InChI is InChI=1S/C13H29NO/c1-5-7-8-9-13(14-6-2)10-12(3)11-15-4/h12-14H,5-11H2,1-4H3. The summed E-state index contributed by atoms with van der Waals surface area (Å²) < 4.78 is 5.18. The molecule has 0 aliphatic rings. The van der Waals surface area contributed by atoms with Gasteiger partial charge in [0.15, 0.2) is 0 Å². The summed E-state index contributed by atoms with van der Waals surface area (Å²) in [7, 11) is 1.79.